The van der Waals surface area contributed by atoms with Gasteiger partial charge in [-0.05, 0) is 29.2 Å². The van der Waals surface area contributed by atoms with Gasteiger partial charge in [-0.25, -0.2) is 8.78 Å². The highest BCUT2D eigenvalue weighted by Gasteiger charge is 2.41. The molecule has 1 rings (SSSR count). The standard InChI is InChI=1S/C13H18BrF2N/c1-12(2,3)13(16,8-17)7-9-4-10(14)6-11(15)5-9/h4-6H,7-8,17H2,1-3H3. The van der Waals surface area contributed by atoms with Gasteiger partial charge in [0.2, 0.25) is 0 Å². The fourth-order valence-corrected chi connectivity index (χ4v) is 2.19. The van der Waals surface area contributed by atoms with Crippen molar-refractivity contribution in [2.45, 2.75) is 32.9 Å². The van der Waals surface area contributed by atoms with Crippen LogP contribution in [0.25, 0.3) is 0 Å². The van der Waals surface area contributed by atoms with Crippen LogP contribution < -0.4 is 5.73 Å². The number of nitrogens with two attached hydrogens (primary N) is 1. The average Bonchev–Trinajstić information content (AvgIpc) is 2.13. The van der Waals surface area contributed by atoms with Gasteiger partial charge in [0.05, 0.1) is 0 Å². The highest BCUT2D eigenvalue weighted by molar-refractivity contribution is 9.10. The highest BCUT2D eigenvalue weighted by atomic mass is 79.9. The number of benzene rings is 1. The zero-order chi connectivity index (χ0) is 13.3. The van der Waals surface area contributed by atoms with Crippen molar-refractivity contribution in [3.05, 3.63) is 34.1 Å². The lowest BCUT2D eigenvalue weighted by Gasteiger charge is -2.37. The molecule has 0 aromatic heterocycles. The second-order valence-corrected chi connectivity index (χ2v) is 6.29. The fraction of sp³-hybridized carbons (Fsp3) is 0.538. The van der Waals surface area contributed by atoms with Crippen molar-refractivity contribution < 1.29 is 8.78 Å². The van der Waals surface area contributed by atoms with E-state index in [4.69, 9.17) is 5.73 Å². The van der Waals surface area contributed by atoms with Gasteiger partial charge in [-0.2, -0.15) is 0 Å². The van der Waals surface area contributed by atoms with Crippen LogP contribution in [0.1, 0.15) is 26.3 Å². The van der Waals surface area contributed by atoms with E-state index in [1.165, 1.54) is 12.1 Å². The molecule has 4 heteroatoms. The summed E-state index contributed by atoms with van der Waals surface area (Å²) >= 11 is 3.20. The van der Waals surface area contributed by atoms with Crippen LogP contribution in [-0.2, 0) is 6.42 Å². The summed E-state index contributed by atoms with van der Waals surface area (Å²) in [5.41, 5.74) is 4.02. The Hall–Kier alpha value is -0.480. The number of hydrogen-bond donors (Lipinski definition) is 1. The number of alkyl halides is 1. The van der Waals surface area contributed by atoms with Crippen LogP contribution in [0.3, 0.4) is 0 Å². The summed E-state index contributed by atoms with van der Waals surface area (Å²) in [6.07, 6.45) is 0.114. The molecule has 96 valence electrons. The minimum absolute atomic E-state index is 0.0787. The highest BCUT2D eigenvalue weighted by Crippen LogP contribution is 2.36. The maximum absolute atomic E-state index is 14.7. The van der Waals surface area contributed by atoms with Crippen LogP contribution in [0.4, 0.5) is 8.78 Å². The first kappa shape index (κ1) is 14.6. The van der Waals surface area contributed by atoms with Crippen molar-refractivity contribution in [2.75, 3.05) is 6.54 Å². The van der Waals surface area contributed by atoms with E-state index in [1.54, 1.807) is 26.8 Å². The molecule has 0 saturated carbocycles. The van der Waals surface area contributed by atoms with Crippen molar-refractivity contribution in [3.63, 3.8) is 0 Å². The van der Waals surface area contributed by atoms with Crippen molar-refractivity contribution in [3.8, 4) is 0 Å². The molecule has 0 bridgehead atoms. The van der Waals surface area contributed by atoms with Crippen LogP contribution in [0.5, 0.6) is 0 Å². The van der Waals surface area contributed by atoms with Gasteiger partial charge >= 0.3 is 0 Å². The molecule has 1 nitrogen and oxygen atoms in total. The summed E-state index contributed by atoms with van der Waals surface area (Å²) in [7, 11) is 0. The molecule has 1 unspecified atom stereocenters. The van der Waals surface area contributed by atoms with Crippen LogP contribution in [0.2, 0.25) is 0 Å². The van der Waals surface area contributed by atoms with Gasteiger partial charge in [-0.1, -0.05) is 36.7 Å². The molecule has 0 saturated heterocycles. The molecule has 1 aromatic rings. The first-order valence-electron chi connectivity index (χ1n) is 5.52. The average molecular weight is 306 g/mol. The number of rotatable bonds is 3. The summed E-state index contributed by atoms with van der Waals surface area (Å²) in [6, 6.07) is 4.42. The molecule has 0 spiro atoms. The summed E-state index contributed by atoms with van der Waals surface area (Å²) in [5, 5.41) is 0. The molecule has 17 heavy (non-hydrogen) atoms. The lowest BCUT2D eigenvalue weighted by Crippen LogP contribution is -2.47. The Morgan fingerprint density at radius 1 is 1.24 bits per heavy atom. The minimum atomic E-state index is -1.54. The van der Waals surface area contributed by atoms with Crippen molar-refractivity contribution in [1.82, 2.24) is 0 Å². The maximum Gasteiger partial charge on any atom is 0.132 e. The normalized spacial score (nSPS) is 15.7. The predicted octanol–water partition coefficient (Wildman–Crippen LogP) is 3.84. The van der Waals surface area contributed by atoms with Crippen molar-refractivity contribution in [1.29, 1.82) is 0 Å². The van der Waals surface area contributed by atoms with Gasteiger partial charge in [-0.3, -0.25) is 0 Å². The number of halogens is 3. The molecular formula is C13H18BrF2N. The van der Waals surface area contributed by atoms with Gasteiger partial charge in [0.25, 0.3) is 0 Å². The molecule has 0 aliphatic carbocycles. The molecule has 1 atom stereocenters. The zero-order valence-electron chi connectivity index (χ0n) is 10.4. The van der Waals surface area contributed by atoms with Crippen molar-refractivity contribution in [2.24, 2.45) is 11.1 Å². The molecule has 0 aliphatic heterocycles. The monoisotopic (exact) mass is 305 g/mol. The summed E-state index contributed by atoms with van der Waals surface area (Å²) in [5.74, 6) is -0.373. The molecule has 0 heterocycles. The van der Waals surface area contributed by atoms with Gasteiger partial charge < -0.3 is 5.73 Å². The third kappa shape index (κ3) is 3.49. The molecule has 0 aliphatic rings. The van der Waals surface area contributed by atoms with Crippen molar-refractivity contribution >= 4 is 15.9 Å². The molecule has 1 aromatic carbocycles. The molecule has 0 radical (unpaired) electrons. The third-order valence-electron chi connectivity index (χ3n) is 3.07. The smallest absolute Gasteiger partial charge is 0.132 e. The van der Waals surface area contributed by atoms with E-state index in [-0.39, 0.29) is 18.8 Å². The Bertz CT molecular complexity index is 381. The van der Waals surface area contributed by atoms with Crippen LogP contribution in [-0.4, -0.2) is 12.2 Å². The second kappa shape index (κ2) is 5.02. The van der Waals surface area contributed by atoms with E-state index in [0.29, 0.717) is 10.0 Å². The zero-order valence-corrected chi connectivity index (χ0v) is 11.9. The summed E-state index contributed by atoms with van der Waals surface area (Å²) < 4.78 is 28.5. The van der Waals surface area contributed by atoms with Gasteiger partial charge in [0, 0.05) is 17.4 Å². The Kier molecular flexibility index (Phi) is 4.31. The quantitative estimate of drug-likeness (QED) is 0.902. The Morgan fingerprint density at radius 3 is 2.24 bits per heavy atom. The summed E-state index contributed by atoms with van der Waals surface area (Å²) in [4.78, 5) is 0. The first-order valence-corrected chi connectivity index (χ1v) is 6.31. The lowest BCUT2D eigenvalue weighted by molar-refractivity contribution is 0.0382. The number of hydrogen-bond acceptors (Lipinski definition) is 1. The van der Waals surface area contributed by atoms with Gasteiger partial charge in [-0.15, -0.1) is 0 Å². The fourth-order valence-electron chi connectivity index (χ4n) is 1.68. The van der Waals surface area contributed by atoms with Crippen LogP contribution in [0.15, 0.2) is 22.7 Å². The molecule has 0 amide bonds. The van der Waals surface area contributed by atoms with Crippen LogP contribution >= 0.6 is 15.9 Å². The lowest BCUT2D eigenvalue weighted by atomic mass is 9.74. The summed E-state index contributed by atoms with van der Waals surface area (Å²) in [6.45, 7) is 5.32. The van der Waals surface area contributed by atoms with E-state index in [2.05, 4.69) is 15.9 Å². The Balaban J connectivity index is 3.03. The molecule has 0 fully saturated rings. The Labute approximate surface area is 110 Å². The Morgan fingerprint density at radius 2 is 1.82 bits per heavy atom. The largest absolute Gasteiger partial charge is 0.327 e. The van der Waals surface area contributed by atoms with E-state index < -0.39 is 11.1 Å². The third-order valence-corrected chi connectivity index (χ3v) is 3.53. The van der Waals surface area contributed by atoms with E-state index >= 15 is 0 Å². The SMILES string of the molecule is CC(C)(C)C(F)(CN)Cc1cc(F)cc(Br)c1. The minimum Gasteiger partial charge on any atom is -0.327 e. The van der Waals surface area contributed by atoms with E-state index in [1.807, 2.05) is 0 Å². The first-order chi connectivity index (χ1) is 7.68. The topological polar surface area (TPSA) is 26.0 Å². The van der Waals surface area contributed by atoms with Gasteiger partial charge in [0.1, 0.15) is 11.5 Å². The predicted molar refractivity (Wildman–Crippen MR) is 70.2 cm³/mol. The van der Waals surface area contributed by atoms with Crippen LogP contribution in [0, 0.1) is 11.2 Å². The second-order valence-electron chi connectivity index (χ2n) is 5.37. The van der Waals surface area contributed by atoms with E-state index in [0.717, 1.165) is 0 Å². The van der Waals surface area contributed by atoms with E-state index in [9.17, 15) is 8.78 Å². The molecular weight excluding hydrogens is 288 g/mol. The molecule has 2 N–H and O–H groups in total. The maximum atomic E-state index is 14.7. The van der Waals surface area contributed by atoms with Gasteiger partial charge in [0.15, 0.2) is 0 Å².